The highest BCUT2D eigenvalue weighted by Crippen LogP contribution is 2.13. The molecule has 18 heavy (non-hydrogen) atoms. The highest BCUT2D eigenvalue weighted by atomic mass is 16.1. The van der Waals surface area contributed by atoms with Crippen LogP contribution in [0.4, 0.5) is 0 Å². The molecule has 0 saturated carbocycles. The molecule has 0 aliphatic heterocycles. The monoisotopic (exact) mass is 242 g/mol. The van der Waals surface area contributed by atoms with E-state index in [4.69, 9.17) is 0 Å². The summed E-state index contributed by atoms with van der Waals surface area (Å²) in [5.41, 5.74) is 1.24. The lowest BCUT2D eigenvalue weighted by molar-refractivity contribution is 0.467. The first-order valence-corrected chi connectivity index (χ1v) is 6.25. The predicted molar refractivity (Wildman–Crippen MR) is 73.6 cm³/mol. The smallest absolute Gasteiger partial charge is 0.250 e. The van der Waals surface area contributed by atoms with Crippen LogP contribution in [0.1, 0.15) is 18.5 Å². The maximum absolute atomic E-state index is 11.7. The third-order valence-electron chi connectivity index (χ3n) is 2.93. The largest absolute Gasteiger partial charge is 0.314 e. The van der Waals surface area contributed by atoms with Crippen molar-refractivity contribution in [2.45, 2.75) is 19.5 Å². The summed E-state index contributed by atoms with van der Waals surface area (Å²) in [6.45, 7) is 3.60. The molecule has 0 bridgehead atoms. The zero-order valence-electron chi connectivity index (χ0n) is 10.5. The molecule has 1 N–H and O–H groups in total. The molecule has 1 aromatic carbocycles. The van der Waals surface area contributed by atoms with Crippen molar-refractivity contribution in [2.75, 3.05) is 6.54 Å². The second-order valence-electron chi connectivity index (χ2n) is 4.21. The van der Waals surface area contributed by atoms with Crippen molar-refractivity contribution in [2.24, 2.45) is 0 Å². The zero-order valence-corrected chi connectivity index (χ0v) is 10.5. The fourth-order valence-corrected chi connectivity index (χ4v) is 2.03. The molecule has 0 saturated heterocycles. The Hall–Kier alpha value is -1.87. The van der Waals surface area contributed by atoms with Crippen LogP contribution in [0.3, 0.4) is 0 Å². The van der Waals surface area contributed by atoms with Crippen molar-refractivity contribution in [3.8, 4) is 0 Å². The van der Waals surface area contributed by atoms with Gasteiger partial charge in [0.15, 0.2) is 0 Å². The van der Waals surface area contributed by atoms with Gasteiger partial charge in [-0.05, 0) is 18.2 Å². The van der Waals surface area contributed by atoms with Gasteiger partial charge in [0.05, 0.1) is 6.04 Å². The van der Waals surface area contributed by atoms with Crippen LogP contribution in [0.2, 0.25) is 0 Å². The lowest BCUT2D eigenvalue weighted by atomic mass is 10.1. The van der Waals surface area contributed by atoms with E-state index in [0.717, 1.165) is 6.54 Å². The first kappa shape index (κ1) is 12.6. The van der Waals surface area contributed by atoms with E-state index in [0.29, 0.717) is 6.54 Å². The van der Waals surface area contributed by atoms with Crippen molar-refractivity contribution >= 4 is 0 Å². The number of hydrogen-bond acceptors (Lipinski definition) is 2. The van der Waals surface area contributed by atoms with E-state index in [1.54, 1.807) is 16.7 Å². The normalized spacial score (nSPS) is 12.3. The molecule has 2 rings (SSSR count). The lowest BCUT2D eigenvalue weighted by Crippen LogP contribution is -2.29. The third kappa shape index (κ3) is 3.08. The summed E-state index contributed by atoms with van der Waals surface area (Å²) in [4.78, 5) is 11.7. The maximum Gasteiger partial charge on any atom is 0.250 e. The molecule has 0 fully saturated rings. The number of hydrogen-bond donors (Lipinski definition) is 1. The average molecular weight is 242 g/mol. The van der Waals surface area contributed by atoms with Gasteiger partial charge in [0.1, 0.15) is 0 Å². The molecule has 3 heteroatoms. The average Bonchev–Trinajstić information content (AvgIpc) is 2.42. The van der Waals surface area contributed by atoms with Crippen LogP contribution >= 0.6 is 0 Å². The molecule has 0 spiro atoms. The minimum absolute atomic E-state index is 0.0383. The van der Waals surface area contributed by atoms with E-state index in [9.17, 15) is 4.79 Å². The number of pyridine rings is 1. The number of aromatic nitrogens is 1. The highest BCUT2D eigenvalue weighted by molar-refractivity contribution is 5.18. The maximum atomic E-state index is 11.7. The van der Waals surface area contributed by atoms with Crippen molar-refractivity contribution in [1.82, 2.24) is 9.88 Å². The standard InChI is InChI=1S/C15H18N2O/c1-2-16-14(13-8-4-3-5-9-13)12-17-11-7-6-10-15(17)18/h3-11,14,16H,2,12H2,1H3. The Bertz CT molecular complexity index is 533. The Morgan fingerprint density at radius 3 is 2.50 bits per heavy atom. The van der Waals surface area contributed by atoms with Gasteiger partial charge < -0.3 is 9.88 Å². The van der Waals surface area contributed by atoms with Crippen molar-refractivity contribution in [3.05, 3.63) is 70.6 Å². The fraction of sp³-hybridized carbons (Fsp3) is 0.267. The Kier molecular flexibility index (Phi) is 4.31. The number of nitrogens with zero attached hydrogens (tertiary/aromatic N) is 1. The van der Waals surface area contributed by atoms with E-state index < -0.39 is 0 Å². The number of benzene rings is 1. The van der Waals surface area contributed by atoms with Crippen LogP contribution in [-0.4, -0.2) is 11.1 Å². The Balaban J connectivity index is 2.22. The van der Waals surface area contributed by atoms with Gasteiger partial charge in [-0.1, -0.05) is 43.3 Å². The molecule has 0 amide bonds. The SMILES string of the molecule is CCNC(Cn1ccccc1=O)c1ccccc1. The molecule has 1 unspecified atom stereocenters. The van der Waals surface area contributed by atoms with E-state index in [1.165, 1.54) is 5.56 Å². The van der Waals surface area contributed by atoms with Gasteiger partial charge in [-0.3, -0.25) is 4.79 Å². The summed E-state index contributed by atoms with van der Waals surface area (Å²) >= 11 is 0. The summed E-state index contributed by atoms with van der Waals surface area (Å²) in [6, 6.07) is 15.6. The van der Waals surface area contributed by atoms with Gasteiger partial charge in [0.25, 0.3) is 5.56 Å². The Morgan fingerprint density at radius 1 is 1.11 bits per heavy atom. The first-order chi connectivity index (χ1) is 8.81. The molecule has 1 aromatic heterocycles. The van der Waals surface area contributed by atoms with Crippen LogP contribution in [0.15, 0.2) is 59.5 Å². The van der Waals surface area contributed by atoms with Gasteiger partial charge in [-0.2, -0.15) is 0 Å². The second-order valence-corrected chi connectivity index (χ2v) is 4.21. The summed E-state index contributed by atoms with van der Waals surface area (Å²) < 4.78 is 1.74. The molecule has 94 valence electrons. The van der Waals surface area contributed by atoms with Crippen molar-refractivity contribution in [3.63, 3.8) is 0 Å². The number of rotatable bonds is 5. The van der Waals surface area contributed by atoms with Gasteiger partial charge in [-0.15, -0.1) is 0 Å². The van der Waals surface area contributed by atoms with E-state index >= 15 is 0 Å². The van der Waals surface area contributed by atoms with Crippen LogP contribution in [0.5, 0.6) is 0 Å². The van der Waals surface area contributed by atoms with E-state index in [2.05, 4.69) is 24.4 Å². The van der Waals surface area contributed by atoms with Crippen LogP contribution in [0.25, 0.3) is 0 Å². The summed E-state index contributed by atoms with van der Waals surface area (Å²) in [5.74, 6) is 0. The molecule has 0 radical (unpaired) electrons. The quantitative estimate of drug-likeness (QED) is 0.872. The summed E-state index contributed by atoms with van der Waals surface area (Å²) in [7, 11) is 0. The van der Waals surface area contributed by atoms with Crippen LogP contribution in [0, 0.1) is 0 Å². The molecule has 2 aromatic rings. The number of likely N-dealkylation sites (N-methyl/N-ethyl adjacent to an activating group) is 1. The molecule has 1 atom stereocenters. The van der Waals surface area contributed by atoms with Crippen LogP contribution in [-0.2, 0) is 6.54 Å². The summed E-state index contributed by atoms with van der Waals surface area (Å²) in [6.07, 6.45) is 1.83. The van der Waals surface area contributed by atoms with Gasteiger partial charge in [-0.25, -0.2) is 0 Å². The highest BCUT2D eigenvalue weighted by Gasteiger charge is 2.10. The molecule has 3 nitrogen and oxygen atoms in total. The zero-order chi connectivity index (χ0) is 12.8. The number of nitrogens with one attached hydrogen (secondary N) is 1. The van der Waals surface area contributed by atoms with E-state index in [-0.39, 0.29) is 11.6 Å². The summed E-state index contributed by atoms with van der Waals surface area (Å²) in [5, 5.41) is 3.41. The minimum Gasteiger partial charge on any atom is -0.314 e. The Labute approximate surface area is 107 Å². The predicted octanol–water partition coefficient (Wildman–Crippen LogP) is 2.20. The first-order valence-electron chi connectivity index (χ1n) is 6.25. The molecule has 0 aliphatic rings. The molecule has 0 aliphatic carbocycles. The van der Waals surface area contributed by atoms with Crippen molar-refractivity contribution < 1.29 is 0 Å². The molecule has 1 heterocycles. The molecular weight excluding hydrogens is 224 g/mol. The lowest BCUT2D eigenvalue weighted by Gasteiger charge is -2.19. The minimum atomic E-state index is 0.0383. The van der Waals surface area contributed by atoms with Crippen LogP contribution < -0.4 is 10.9 Å². The Morgan fingerprint density at radius 2 is 1.83 bits per heavy atom. The molecular formula is C15H18N2O. The van der Waals surface area contributed by atoms with Gasteiger partial charge in [0.2, 0.25) is 0 Å². The third-order valence-corrected chi connectivity index (χ3v) is 2.93. The van der Waals surface area contributed by atoms with Gasteiger partial charge >= 0.3 is 0 Å². The van der Waals surface area contributed by atoms with E-state index in [1.807, 2.05) is 30.5 Å². The topological polar surface area (TPSA) is 34.0 Å². The van der Waals surface area contributed by atoms with Crippen molar-refractivity contribution in [1.29, 1.82) is 0 Å². The fourth-order valence-electron chi connectivity index (χ4n) is 2.03. The second kappa shape index (κ2) is 6.17. The van der Waals surface area contributed by atoms with Gasteiger partial charge in [0, 0.05) is 18.8 Å².